The van der Waals surface area contributed by atoms with Gasteiger partial charge < -0.3 is 24.6 Å². The van der Waals surface area contributed by atoms with Crippen LogP contribution < -0.4 is 5.32 Å². The molecule has 2 rings (SSSR count). The molecule has 1 fully saturated rings. The SMILES string of the molecule is CCNC(=NCc1cccc(CN(C)C)c1)N1CCC(OCCCOC)CC1.I. The van der Waals surface area contributed by atoms with Gasteiger partial charge in [0.05, 0.1) is 12.6 Å². The zero-order valence-electron chi connectivity index (χ0n) is 18.5. The number of ether oxygens (including phenoxy) is 2. The van der Waals surface area contributed by atoms with Crippen LogP contribution in [0.15, 0.2) is 29.3 Å². The second kappa shape index (κ2) is 15.0. The highest BCUT2D eigenvalue weighted by Gasteiger charge is 2.21. The van der Waals surface area contributed by atoms with Gasteiger partial charge in [0, 0.05) is 46.5 Å². The van der Waals surface area contributed by atoms with Crippen LogP contribution in [0.3, 0.4) is 0 Å². The first-order valence-electron chi connectivity index (χ1n) is 10.5. The van der Waals surface area contributed by atoms with Crippen molar-refractivity contribution >= 4 is 29.9 Å². The molecule has 1 aliphatic heterocycles. The molecule has 1 aromatic rings. The summed E-state index contributed by atoms with van der Waals surface area (Å²) >= 11 is 0. The lowest BCUT2D eigenvalue weighted by Gasteiger charge is -2.34. The van der Waals surface area contributed by atoms with Gasteiger partial charge in [0.1, 0.15) is 0 Å². The van der Waals surface area contributed by atoms with Gasteiger partial charge in [0.2, 0.25) is 0 Å². The molecular weight excluding hydrogens is 479 g/mol. The standard InChI is InChI=1S/C22H38N4O2.HI/c1-5-23-22(24-17-19-8-6-9-20(16-19)18-25(2)3)26-12-10-21(11-13-26)28-15-7-14-27-4;/h6,8-9,16,21H,5,7,10-15,17-18H2,1-4H3,(H,23,24);1H. The molecule has 6 nitrogen and oxygen atoms in total. The molecule has 29 heavy (non-hydrogen) atoms. The lowest BCUT2D eigenvalue weighted by molar-refractivity contribution is 0.00990. The molecule has 1 aromatic carbocycles. The Morgan fingerprint density at radius 1 is 1.21 bits per heavy atom. The average molecular weight is 518 g/mol. The molecule has 0 spiro atoms. The van der Waals surface area contributed by atoms with Crippen molar-refractivity contribution in [3.63, 3.8) is 0 Å². The number of piperidine rings is 1. The maximum atomic E-state index is 5.98. The second-order valence-electron chi connectivity index (χ2n) is 7.63. The van der Waals surface area contributed by atoms with Crippen molar-refractivity contribution in [3.8, 4) is 0 Å². The van der Waals surface area contributed by atoms with Crippen LogP contribution in [-0.2, 0) is 22.6 Å². The zero-order chi connectivity index (χ0) is 20.2. The van der Waals surface area contributed by atoms with Gasteiger partial charge in [-0.3, -0.25) is 0 Å². The van der Waals surface area contributed by atoms with E-state index in [1.165, 1.54) is 11.1 Å². The van der Waals surface area contributed by atoms with Gasteiger partial charge in [-0.25, -0.2) is 4.99 Å². The van der Waals surface area contributed by atoms with E-state index in [0.29, 0.717) is 12.6 Å². The van der Waals surface area contributed by atoms with E-state index in [4.69, 9.17) is 14.5 Å². The highest BCUT2D eigenvalue weighted by Crippen LogP contribution is 2.15. The minimum atomic E-state index is 0. The van der Waals surface area contributed by atoms with E-state index >= 15 is 0 Å². The number of hydrogen-bond donors (Lipinski definition) is 1. The van der Waals surface area contributed by atoms with E-state index in [-0.39, 0.29) is 24.0 Å². The van der Waals surface area contributed by atoms with Crippen LogP contribution in [0.2, 0.25) is 0 Å². The van der Waals surface area contributed by atoms with Crippen molar-refractivity contribution in [2.45, 2.75) is 45.4 Å². The molecule has 166 valence electrons. The summed E-state index contributed by atoms with van der Waals surface area (Å²) in [7, 11) is 5.93. The third-order valence-electron chi connectivity index (χ3n) is 4.82. The number of benzene rings is 1. The van der Waals surface area contributed by atoms with E-state index < -0.39 is 0 Å². The Kier molecular flexibility index (Phi) is 13.5. The Balaban J connectivity index is 0.00000420. The van der Waals surface area contributed by atoms with Crippen LogP contribution in [0.1, 0.15) is 37.3 Å². The third kappa shape index (κ3) is 10.1. The number of rotatable bonds is 10. The number of halogens is 1. The minimum Gasteiger partial charge on any atom is -0.385 e. The molecule has 0 aromatic heterocycles. The number of guanidine groups is 1. The molecule has 0 saturated carbocycles. The van der Waals surface area contributed by atoms with Crippen molar-refractivity contribution in [1.82, 2.24) is 15.1 Å². The van der Waals surface area contributed by atoms with Crippen LogP contribution >= 0.6 is 24.0 Å². The fourth-order valence-electron chi connectivity index (χ4n) is 3.47. The fourth-order valence-corrected chi connectivity index (χ4v) is 3.47. The maximum Gasteiger partial charge on any atom is 0.194 e. The molecule has 1 saturated heterocycles. The molecule has 0 aliphatic carbocycles. The molecular formula is C22H39IN4O2. The smallest absolute Gasteiger partial charge is 0.194 e. The topological polar surface area (TPSA) is 49.3 Å². The fraction of sp³-hybridized carbons (Fsp3) is 0.682. The summed E-state index contributed by atoms with van der Waals surface area (Å²) in [6.45, 7) is 8.20. The highest BCUT2D eigenvalue weighted by atomic mass is 127. The summed E-state index contributed by atoms with van der Waals surface area (Å²) < 4.78 is 11.1. The van der Waals surface area contributed by atoms with Crippen molar-refractivity contribution in [2.75, 3.05) is 54.1 Å². The Bertz CT molecular complexity index is 590. The van der Waals surface area contributed by atoms with Crippen molar-refractivity contribution in [1.29, 1.82) is 0 Å². The van der Waals surface area contributed by atoms with E-state index in [1.807, 2.05) is 0 Å². The van der Waals surface area contributed by atoms with Crippen LogP contribution in [0.4, 0.5) is 0 Å². The Morgan fingerprint density at radius 2 is 1.93 bits per heavy atom. The zero-order valence-corrected chi connectivity index (χ0v) is 20.9. The molecule has 0 bridgehead atoms. The van der Waals surface area contributed by atoms with Gasteiger partial charge in [-0.2, -0.15) is 0 Å². The predicted octanol–water partition coefficient (Wildman–Crippen LogP) is 3.35. The van der Waals surface area contributed by atoms with Crippen LogP contribution in [0.5, 0.6) is 0 Å². The second-order valence-corrected chi connectivity index (χ2v) is 7.63. The van der Waals surface area contributed by atoms with E-state index in [2.05, 4.69) is 60.4 Å². The lowest BCUT2D eigenvalue weighted by Crippen LogP contribution is -2.47. The van der Waals surface area contributed by atoms with Gasteiger partial charge in [0.15, 0.2) is 5.96 Å². The average Bonchev–Trinajstić information content (AvgIpc) is 2.69. The van der Waals surface area contributed by atoms with Crippen LogP contribution in [0.25, 0.3) is 0 Å². The molecule has 7 heteroatoms. The van der Waals surface area contributed by atoms with Crippen LogP contribution in [0, 0.1) is 0 Å². The minimum absolute atomic E-state index is 0. The number of nitrogens with zero attached hydrogens (tertiary/aromatic N) is 3. The quantitative estimate of drug-likeness (QED) is 0.223. The van der Waals surface area contributed by atoms with Crippen molar-refractivity contribution in [3.05, 3.63) is 35.4 Å². The molecule has 0 atom stereocenters. The predicted molar refractivity (Wildman–Crippen MR) is 131 cm³/mol. The molecule has 0 amide bonds. The number of likely N-dealkylation sites (tertiary alicyclic amines) is 1. The molecule has 0 radical (unpaired) electrons. The van der Waals surface area contributed by atoms with Crippen LogP contribution in [-0.4, -0.2) is 75.9 Å². The molecule has 1 N–H and O–H groups in total. The normalized spacial score (nSPS) is 15.5. The molecule has 0 unspecified atom stereocenters. The molecule has 1 heterocycles. The highest BCUT2D eigenvalue weighted by molar-refractivity contribution is 14.0. The summed E-state index contributed by atoms with van der Waals surface area (Å²) in [5.41, 5.74) is 2.58. The van der Waals surface area contributed by atoms with E-state index in [9.17, 15) is 0 Å². The number of hydrogen-bond acceptors (Lipinski definition) is 4. The summed E-state index contributed by atoms with van der Waals surface area (Å²) in [5.74, 6) is 1.01. The summed E-state index contributed by atoms with van der Waals surface area (Å²) in [4.78, 5) is 9.45. The monoisotopic (exact) mass is 518 g/mol. The van der Waals surface area contributed by atoms with Gasteiger partial charge in [-0.1, -0.05) is 24.3 Å². The molecule has 1 aliphatic rings. The van der Waals surface area contributed by atoms with Crippen molar-refractivity contribution < 1.29 is 9.47 Å². The van der Waals surface area contributed by atoms with Gasteiger partial charge in [-0.15, -0.1) is 24.0 Å². The number of nitrogens with one attached hydrogen (secondary N) is 1. The summed E-state index contributed by atoms with van der Waals surface area (Å²) in [6, 6.07) is 8.72. The number of methoxy groups -OCH3 is 1. The summed E-state index contributed by atoms with van der Waals surface area (Å²) in [6.07, 6.45) is 3.43. The summed E-state index contributed by atoms with van der Waals surface area (Å²) in [5, 5.41) is 3.45. The van der Waals surface area contributed by atoms with Gasteiger partial charge in [0.25, 0.3) is 0 Å². The lowest BCUT2D eigenvalue weighted by atomic mass is 10.1. The van der Waals surface area contributed by atoms with Gasteiger partial charge in [-0.05, 0) is 51.4 Å². The van der Waals surface area contributed by atoms with E-state index in [1.54, 1.807) is 7.11 Å². The van der Waals surface area contributed by atoms with Gasteiger partial charge >= 0.3 is 0 Å². The first-order chi connectivity index (χ1) is 13.6. The maximum absolute atomic E-state index is 5.98. The first kappa shape index (κ1) is 26.1. The van der Waals surface area contributed by atoms with E-state index in [0.717, 1.165) is 64.6 Å². The number of aliphatic imine (C=N–C) groups is 1. The third-order valence-corrected chi connectivity index (χ3v) is 4.82. The Morgan fingerprint density at radius 3 is 2.59 bits per heavy atom. The first-order valence-corrected chi connectivity index (χ1v) is 10.5. The Labute approximate surface area is 194 Å². The van der Waals surface area contributed by atoms with Crippen molar-refractivity contribution in [2.24, 2.45) is 4.99 Å². The largest absolute Gasteiger partial charge is 0.385 e. The Hall–Kier alpha value is -0.900.